The van der Waals surface area contributed by atoms with Crippen molar-refractivity contribution in [2.24, 2.45) is 0 Å². The first-order chi connectivity index (χ1) is 11.6. The van der Waals surface area contributed by atoms with Gasteiger partial charge in [-0.25, -0.2) is 4.40 Å². The van der Waals surface area contributed by atoms with E-state index in [9.17, 15) is 4.79 Å². The Hall–Kier alpha value is -2.31. The summed E-state index contributed by atoms with van der Waals surface area (Å²) in [6, 6.07) is 15.8. The maximum atomic E-state index is 12.8. The second-order valence-corrected chi connectivity index (χ2v) is 7.40. The molecule has 0 bridgehead atoms. The maximum absolute atomic E-state index is 12.8. The zero-order valence-electron chi connectivity index (χ0n) is 12.7. The zero-order valence-corrected chi connectivity index (χ0v) is 15.1. The summed E-state index contributed by atoms with van der Waals surface area (Å²) in [7, 11) is 0. The monoisotopic (exact) mass is 397 g/mol. The molecule has 0 fully saturated rings. The van der Waals surface area contributed by atoms with Gasteiger partial charge in [-0.3, -0.25) is 4.79 Å². The van der Waals surface area contributed by atoms with Crippen molar-refractivity contribution in [1.29, 1.82) is 0 Å². The summed E-state index contributed by atoms with van der Waals surface area (Å²) in [6.07, 6.45) is 1.88. The lowest BCUT2D eigenvalue weighted by Crippen LogP contribution is -2.23. The predicted molar refractivity (Wildman–Crippen MR) is 100 cm³/mol. The van der Waals surface area contributed by atoms with E-state index >= 15 is 0 Å². The molecule has 4 aromatic rings. The fourth-order valence-corrected chi connectivity index (χ4v) is 3.83. The molecule has 0 radical (unpaired) electrons. The molecule has 24 heavy (non-hydrogen) atoms. The second-order valence-electron chi connectivity index (χ2n) is 5.48. The Morgan fingerprint density at radius 1 is 1.12 bits per heavy atom. The van der Waals surface area contributed by atoms with Gasteiger partial charge in [-0.15, -0.1) is 10.2 Å². The van der Waals surface area contributed by atoms with Crippen LogP contribution in [0.25, 0.3) is 22.4 Å². The quantitative estimate of drug-likeness (QED) is 0.520. The molecule has 0 atom stereocenters. The van der Waals surface area contributed by atoms with Gasteiger partial charge in [-0.1, -0.05) is 69.2 Å². The van der Waals surface area contributed by atoms with Gasteiger partial charge in [0, 0.05) is 10.0 Å². The Balaban J connectivity index is 1.91. The van der Waals surface area contributed by atoms with Crippen molar-refractivity contribution in [3.8, 4) is 11.4 Å². The van der Waals surface area contributed by atoms with Gasteiger partial charge in [0.15, 0.2) is 5.82 Å². The van der Waals surface area contributed by atoms with Gasteiger partial charge in [0.2, 0.25) is 4.96 Å². The Morgan fingerprint density at radius 3 is 2.67 bits per heavy atom. The summed E-state index contributed by atoms with van der Waals surface area (Å²) in [6.45, 7) is 2.03. The lowest BCUT2D eigenvalue weighted by Gasteiger charge is -1.97. The number of halogens is 1. The smallest absolute Gasteiger partial charge is 0.267 e. The van der Waals surface area contributed by atoms with Crippen LogP contribution in [0.4, 0.5) is 0 Å². The van der Waals surface area contributed by atoms with Crippen LogP contribution >= 0.6 is 27.3 Å². The minimum Gasteiger partial charge on any atom is -0.267 e. The number of aromatic nitrogens is 3. The molecule has 2 heterocycles. The van der Waals surface area contributed by atoms with Crippen molar-refractivity contribution in [1.82, 2.24) is 14.6 Å². The van der Waals surface area contributed by atoms with Gasteiger partial charge in [-0.2, -0.15) is 0 Å². The van der Waals surface area contributed by atoms with E-state index in [1.165, 1.54) is 11.3 Å². The molecule has 2 aromatic heterocycles. The number of hydrogen-bond acceptors (Lipinski definition) is 4. The number of nitrogens with zero attached hydrogens (tertiary/aromatic N) is 3. The van der Waals surface area contributed by atoms with Crippen LogP contribution in [0.2, 0.25) is 0 Å². The minimum atomic E-state index is -0.0875. The number of benzene rings is 2. The van der Waals surface area contributed by atoms with Gasteiger partial charge in [0.25, 0.3) is 5.56 Å². The Kier molecular flexibility index (Phi) is 3.78. The molecule has 118 valence electrons. The molecule has 0 amide bonds. The number of fused-ring (bicyclic) bond motifs is 1. The van der Waals surface area contributed by atoms with Crippen LogP contribution < -0.4 is 10.1 Å². The maximum Gasteiger partial charge on any atom is 0.276 e. The summed E-state index contributed by atoms with van der Waals surface area (Å²) in [5, 5.41) is 8.34. The number of rotatable bonds is 2. The molecule has 0 N–H and O–H groups in total. The molecule has 0 spiro atoms. The third-order valence-electron chi connectivity index (χ3n) is 3.70. The molecule has 0 saturated heterocycles. The van der Waals surface area contributed by atoms with Gasteiger partial charge in [0.05, 0.1) is 4.53 Å². The van der Waals surface area contributed by atoms with Gasteiger partial charge in [0.1, 0.15) is 0 Å². The lowest BCUT2D eigenvalue weighted by atomic mass is 10.1. The van der Waals surface area contributed by atoms with E-state index in [0.717, 1.165) is 21.2 Å². The second kappa shape index (κ2) is 5.96. The van der Waals surface area contributed by atoms with Gasteiger partial charge in [-0.05, 0) is 30.7 Å². The van der Waals surface area contributed by atoms with Crippen molar-refractivity contribution in [3.63, 3.8) is 0 Å². The van der Waals surface area contributed by atoms with E-state index in [4.69, 9.17) is 0 Å². The van der Waals surface area contributed by atoms with E-state index in [1.54, 1.807) is 4.40 Å². The van der Waals surface area contributed by atoms with Crippen molar-refractivity contribution in [2.75, 3.05) is 0 Å². The van der Waals surface area contributed by atoms with Crippen LogP contribution in [0.5, 0.6) is 0 Å². The van der Waals surface area contributed by atoms with Gasteiger partial charge < -0.3 is 0 Å². The fraction of sp³-hybridized carbons (Fsp3) is 0.0556. The highest BCUT2D eigenvalue weighted by Gasteiger charge is 2.13. The first-order valence-corrected chi connectivity index (χ1v) is 8.95. The SMILES string of the molecule is Cc1ccc(-c2nnc3s/c(=C\c4cccc(Br)c4)c(=O)n23)cc1. The normalized spacial score (nSPS) is 12.2. The molecule has 6 heteroatoms. The molecule has 0 aliphatic heterocycles. The highest BCUT2D eigenvalue weighted by atomic mass is 79.9. The number of hydrogen-bond donors (Lipinski definition) is 0. The molecule has 4 rings (SSSR count). The summed E-state index contributed by atoms with van der Waals surface area (Å²) in [4.78, 5) is 13.4. The van der Waals surface area contributed by atoms with Crippen molar-refractivity contribution in [2.45, 2.75) is 6.92 Å². The summed E-state index contributed by atoms with van der Waals surface area (Å²) >= 11 is 4.80. The standard InChI is InChI=1S/C18H12BrN3OS/c1-11-5-7-13(8-6-11)16-20-21-18-22(16)17(23)15(24-18)10-12-3-2-4-14(19)9-12/h2-10H,1H3/b15-10-. The highest BCUT2D eigenvalue weighted by Crippen LogP contribution is 2.18. The van der Waals surface area contributed by atoms with Crippen LogP contribution in [0.15, 0.2) is 57.8 Å². The summed E-state index contributed by atoms with van der Waals surface area (Å²) in [5.41, 5.74) is 2.93. The van der Waals surface area contributed by atoms with Crippen LogP contribution in [-0.2, 0) is 0 Å². The predicted octanol–water partition coefficient (Wildman–Crippen LogP) is 3.44. The summed E-state index contributed by atoms with van der Waals surface area (Å²) in [5.74, 6) is 0.583. The fourth-order valence-electron chi connectivity index (χ4n) is 2.50. The Labute approximate surface area is 150 Å². The molecule has 2 aromatic carbocycles. The first kappa shape index (κ1) is 15.2. The average molecular weight is 398 g/mol. The third-order valence-corrected chi connectivity index (χ3v) is 5.16. The van der Waals surface area contributed by atoms with Crippen LogP contribution in [0, 0.1) is 6.92 Å². The van der Waals surface area contributed by atoms with E-state index in [0.29, 0.717) is 15.3 Å². The summed E-state index contributed by atoms with van der Waals surface area (Å²) < 4.78 is 3.21. The third kappa shape index (κ3) is 2.68. The molecule has 4 nitrogen and oxygen atoms in total. The lowest BCUT2D eigenvalue weighted by molar-refractivity contribution is 1.09. The topological polar surface area (TPSA) is 47.3 Å². The zero-order chi connectivity index (χ0) is 16.7. The van der Waals surface area contributed by atoms with E-state index in [-0.39, 0.29) is 5.56 Å². The van der Waals surface area contributed by atoms with E-state index in [1.807, 2.05) is 61.5 Å². The van der Waals surface area contributed by atoms with Crippen LogP contribution in [-0.4, -0.2) is 14.6 Å². The van der Waals surface area contributed by atoms with Gasteiger partial charge >= 0.3 is 0 Å². The number of thiazole rings is 1. The molecule has 0 saturated carbocycles. The molecular weight excluding hydrogens is 386 g/mol. The van der Waals surface area contributed by atoms with E-state index in [2.05, 4.69) is 26.1 Å². The molecule has 0 unspecified atom stereocenters. The van der Waals surface area contributed by atoms with Crippen LogP contribution in [0.1, 0.15) is 11.1 Å². The number of aryl methyl sites for hydroxylation is 1. The van der Waals surface area contributed by atoms with Crippen LogP contribution in [0.3, 0.4) is 0 Å². The Morgan fingerprint density at radius 2 is 1.92 bits per heavy atom. The molecule has 0 aliphatic rings. The average Bonchev–Trinajstić information content (AvgIpc) is 3.10. The highest BCUT2D eigenvalue weighted by molar-refractivity contribution is 9.10. The first-order valence-electron chi connectivity index (χ1n) is 7.34. The molecule has 0 aliphatic carbocycles. The molecular formula is C18H12BrN3OS. The Bertz CT molecular complexity index is 1150. The minimum absolute atomic E-state index is 0.0875. The van der Waals surface area contributed by atoms with Crippen molar-refractivity contribution in [3.05, 3.63) is 79.0 Å². The largest absolute Gasteiger partial charge is 0.276 e. The van der Waals surface area contributed by atoms with Crippen molar-refractivity contribution >= 4 is 38.3 Å². The van der Waals surface area contributed by atoms with E-state index < -0.39 is 0 Å². The van der Waals surface area contributed by atoms with Crippen molar-refractivity contribution < 1.29 is 0 Å².